The van der Waals surface area contributed by atoms with Gasteiger partial charge in [0, 0.05) is 12.0 Å². The number of rotatable bonds is 2. The van der Waals surface area contributed by atoms with Crippen molar-refractivity contribution in [2.75, 3.05) is 6.61 Å². The maximum atomic E-state index is 11.0. The number of ether oxygens (including phenoxy) is 1. The summed E-state index contributed by atoms with van der Waals surface area (Å²) >= 11 is 1.14. The number of nitrogens with zero attached hydrogens (tertiary/aromatic N) is 2. The van der Waals surface area contributed by atoms with E-state index in [9.17, 15) is 4.79 Å². The fourth-order valence-electron chi connectivity index (χ4n) is 1.46. The monoisotopic (exact) mass is 200 g/mol. The molecule has 2 heterocycles. The first-order valence-corrected chi connectivity index (χ1v) is 4.74. The van der Waals surface area contributed by atoms with Crippen LogP contribution in [0, 0.1) is 0 Å². The molecule has 13 heavy (non-hydrogen) atoms. The Labute approximate surface area is 78.5 Å². The van der Waals surface area contributed by atoms with Gasteiger partial charge in [-0.3, -0.25) is 0 Å². The predicted molar refractivity (Wildman–Crippen MR) is 44.4 cm³/mol. The molecule has 1 N–H and O–H groups in total. The smallest absolute Gasteiger partial charge is 0.342 e. The molecule has 0 aromatic carbocycles. The lowest BCUT2D eigenvalue weighted by atomic mass is 9.97. The lowest BCUT2D eigenvalue weighted by molar-refractivity contribution is -0.161. The summed E-state index contributed by atoms with van der Waals surface area (Å²) in [4.78, 5) is 11.0. The van der Waals surface area contributed by atoms with Gasteiger partial charge in [-0.25, -0.2) is 4.79 Å². The summed E-state index contributed by atoms with van der Waals surface area (Å²) in [5.41, 5.74) is -0.810. The van der Waals surface area contributed by atoms with Crippen LogP contribution >= 0.6 is 11.5 Å². The first kappa shape index (κ1) is 8.58. The van der Waals surface area contributed by atoms with E-state index in [1.165, 1.54) is 0 Å². The van der Waals surface area contributed by atoms with Crippen molar-refractivity contribution in [1.82, 2.24) is 9.59 Å². The summed E-state index contributed by atoms with van der Waals surface area (Å²) in [6.07, 6.45) is 1.23. The van der Waals surface area contributed by atoms with E-state index in [0.717, 1.165) is 18.0 Å². The van der Waals surface area contributed by atoms with Crippen molar-refractivity contribution < 1.29 is 14.6 Å². The molecular weight excluding hydrogens is 192 g/mol. The van der Waals surface area contributed by atoms with E-state index in [1.807, 2.05) is 0 Å². The summed E-state index contributed by atoms with van der Waals surface area (Å²) in [6.45, 7) is 0.476. The zero-order valence-electron chi connectivity index (χ0n) is 6.77. The number of carboxylic acid groups (broad SMARTS) is 1. The molecule has 0 spiro atoms. The van der Waals surface area contributed by atoms with Gasteiger partial charge in [0.25, 0.3) is 0 Å². The van der Waals surface area contributed by atoms with Crippen LogP contribution in [-0.4, -0.2) is 27.3 Å². The van der Waals surface area contributed by atoms with Gasteiger partial charge in [0.2, 0.25) is 5.60 Å². The van der Waals surface area contributed by atoms with E-state index in [4.69, 9.17) is 9.84 Å². The second kappa shape index (κ2) is 3.04. The van der Waals surface area contributed by atoms with Crippen LogP contribution in [0.15, 0.2) is 5.38 Å². The number of carbonyl (C=O) groups is 1. The van der Waals surface area contributed by atoms with Crippen LogP contribution in [0.4, 0.5) is 0 Å². The van der Waals surface area contributed by atoms with Crippen molar-refractivity contribution >= 4 is 17.5 Å². The van der Waals surface area contributed by atoms with Gasteiger partial charge in [0.15, 0.2) is 0 Å². The number of hydrogen-bond acceptors (Lipinski definition) is 5. The van der Waals surface area contributed by atoms with Crippen LogP contribution < -0.4 is 0 Å². The normalized spacial score (nSPS) is 27.7. The van der Waals surface area contributed by atoms with Crippen molar-refractivity contribution in [3.63, 3.8) is 0 Å². The Bertz CT molecular complexity index is 306. The van der Waals surface area contributed by atoms with Crippen molar-refractivity contribution in [3.8, 4) is 0 Å². The van der Waals surface area contributed by atoms with E-state index in [2.05, 4.69) is 9.59 Å². The van der Waals surface area contributed by atoms with Crippen LogP contribution in [0.3, 0.4) is 0 Å². The molecule has 0 aliphatic carbocycles. The van der Waals surface area contributed by atoms with Crippen molar-refractivity contribution in [2.24, 2.45) is 0 Å². The highest BCUT2D eigenvalue weighted by Gasteiger charge is 2.46. The van der Waals surface area contributed by atoms with E-state index in [1.54, 1.807) is 5.38 Å². The third-order valence-electron chi connectivity index (χ3n) is 2.14. The highest BCUT2D eigenvalue weighted by Crippen LogP contribution is 2.35. The summed E-state index contributed by atoms with van der Waals surface area (Å²) in [7, 11) is 0. The predicted octanol–water partition coefficient (Wildman–Crippen LogP) is 0.628. The van der Waals surface area contributed by atoms with Crippen LogP contribution in [0.25, 0.3) is 0 Å². The molecule has 1 unspecified atom stereocenters. The standard InChI is InChI=1S/C7H8N2O3S/c10-6(11)7(2-1-3-12-7)5-4-13-9-8-5/h4H,1-3H2,(H,10,11). The number of aliphatic carboxylic acids is 1. The average Bonchev–Trinajstić information content (AvgIpc) is 2.75. The largest absolute Gasteiger partial charge is 0.479 e. The number of hydrogen-bond donors (Lipinski definition) is 1. The number of aromatic nitrogens is 2. The van der Waals surface area contributed by atoms with Gasteiger partial charge in [-0.1, -0.05) is 4.49 Å². The van der Waals surface area contributed by atoms with Gasteiger partial charge in [0.1, 0.15) is 5.69 Å². The zero-order valence-corrected chi connectivity index (χ0v) is 7.58. The van der Waals surface area contributed by atoms with Crippen molar-refractivity contribution in [2.45, 2.75) is 18.4 Å². The van der Waals surface area contributed by atoms with E-state index < -0.39 is 11.6 Å². The first-order valence-electron chi connectivity index (χ1n) is 3.90. The molecule has 0 radical (unpaired) electrons. The quantitative estimate of drug-likeness (QED) is 0.758. The van der Waals surface area contributed by atoms with E-state index >= 15 is 0 Å². The average molecular weight is 200 g/mol. The molecular formula is C7H8N2O3S. The number of carboxylic acids is 1. The Hall–Kier alpha value is -1.01. The maximum absolute atomic E-state index is 11.0. The Kier molecular flexibility index (Phi) is 2.01. The molecule has 1 aromatic heterocycles. The maximum Gasteiger partial charge on any atom is 0.342 e. The molecule has 1 fully saturated rings. The highest BCUT2D eigenvalue weighted by atomic mass is 32.1. The molecule has 0 amide bonds. The van der Waals surface area contributed by atoms with Gasteiger partial charge in [-0.15, -0.1) is 5.10 Å². The topological polar surface area (TPSA) is 72.3 Å². The molecule has 70 valence electrons. The Balaban J connectivity index is 2.39. The summed E-state index contributed by atoms with van der Waals surface area (Å²) in [5, 5.41) is 14.4. The van der Waals surface area contributed by atoms with Crippen LogP contribution in [-0.2, 0) is 15.1 Å². The van der Waals surface area contributed by atoms with Gasteiger partial charge in [0.05, 0.1) is 0 Å². The van der Waals surface area contributed by atoms with Crippen LogP contribution in [0.1, 0.15) is 18.5 Å². The fourth-order valence-corrected chi connectivity index (χ4v) is 1.98. The van der Waals surface area contributed by atoms with E-state index in [-0.39, 0.29) is 0 Å². The SMILES string of the molecule is O=C(O)C1(c2csnn2)CCCO1. The summed E-state index contributed by atoms with van der Waals surface area (Å²) in [6, 6.07) is 0. The third kappa shape index (κ3) is 1.22. The van der Waals surface area contributed by atoms with Crippen LogP contribution in [0.5, 0.6) is 0 Å². The van der Waals surface area contributed by atoms with Gasteiger partial charge in [-0.05, 0) is 24.4 Å². The first-order chi connectivity index (χ1) is 6.26. The molecule has 6 heteroatoms. The Morgan fingerprint density at radius 3 is 3.08 bits per heavy atom. The fraction of sp³-hybridized carbons (Fsp3) is 0.571. The highest BCUT2D eigenvalue weighted by molar-refractivity contribution is 7.03. The third-order valence-corrected chi connectivity index (χ3v) is 2.65. The van der Waals surface area contributed by atoms with Crippen LogP contribution in [0.2, 0.25) is 0 Å². The molecule has 1 aliphatic heterocycles. The van der Waals surface area contributed by atoms with Gasteiger partial charge < -0.3 is 9.84 Å². The molecule has 1 saturated heterocycles. The van der Waals surface area contributed by atoms with Crippen molar-refractivity contribution in [3.05, 3.63) is 11.1 Å². The molecule has 2 rings (SSSR count). The minimum absolute atomic E-state index is 0.419. The minimum Gasteiger partial charge on any atom is -0.479 e. The molecule has 0 bridgehead atoms. The lowest BCUT2D eigenvalue weighted by Crippen LogP contribution is -2.35. The zero-order chi connectivity index (χ0) is 9.31. The van der Waals surface area contributed by atoms with E-state index in [0.29, 0.717) is 18.7 Å². The molecule has 1 atom stereocenters. The Morgan fingerprint density at radius 2 is 2.62 bits per heavy atom. The lowest BCUT2D eigenvalue weighted by Gasteiger charge is -2.19. The molecule has 1 aliphatic rings. The van der Waals surface area contributed by atoms with Crippen molar-refractivity contribution in [1.29, 1.82) is 0 Å². The summed E-state index contributed by atoms with van der Waals surface area (Å²) < 4.78 is 8.89. The summed E-state index contributed by atoms with van der Waals surface area (Å²) in [5.74, 6) is -0.974. The van der Waals surface area contributed by atoms with Gasteiger partial charge in [-0.2, -0.15) is 0 Å². The molecule has 0 saturated carbocycles. The second-order valence-corrected chi connectivity index (χ2v) is 3.48. The molecule has 5 nitrogen and oxygen atoms in total. The Morgan fingerprint density at radius 1 is 1.77 bits per heavy atom. The molecule has 1 aromatic rings. The minimum atomic E-state index is -1.23. The second-order valence-electron chi connectivity index (χ2n) is 2.87. The van der Waals surface area contributed by atoms with Gasteiger partial charge >= 0.3 is 5.97 Å².